The lowest BCUT2D eigenvalue weighted by Crippen LogP contribution is -1.96. The lowest BCUT2D eigenvalue weighted by Gasteiger charge is -1.88. The second-order valence-electron chi connectivity index (χ2n) is 2.93. The average Bonchev–Trinajstić information content (AvgIpc) is 2.68. The number of thioether (sulfide) groups is 1. The molecule has 0 saturated heterocycles. The first kappa shape index (κ1) is 10.9. The molecular formula is C10H6N2O2S2. The Morgan fingerprint density at radius 3 is 3.12 bits per heavy atom. The zero-order valence-corrected chi connectivity index (χ0v) is 9.64. The Morgan fingerprint density at radius 1 is 1.62 bits per heavy atom. The van der Waals surface area contributed by atoms with E-state index in [-0.39, 0.29) is 5.75 Å². The first-order valence-corrected chi connectivity index (χ1v) is 6.15. The van der Waals surface area contributed by atoms with Crippen LogP contribution in [0.25, 0.3) is 10.2 Å². The fraction of sp³-hybridized carbons (Fsp3) is 0.100. The van der Waals surface area contributed by atoms with Crippen LogP contribution in [0.1, 0.15) is 5.56 Å². The molecule has 0 aliphatic carbocycles. The maximum absolute atomic E-state index is 10.4. The third-order valence-electron chi connectivity index (χ3n) is 1.83. The van der Waals surface area contributed by atoms with Gasteiger partial charge in [0.1, 0.15) is 6.07 Å². The van der Waals surface area contributed by atoms with E-state index in [0.29, 0.717) is 9.90 Å². The number of carboxylic acid groups (broad SMARTS) is 1. The van der Waals surface area contributed by atoms with Crippen LogP contribution in [-0.2, 0) is 4.79 Å². The Labute approximate surface area is 99.5 Å². The number of hydrogen-bond donors (Lipinski definition) is 1. The number of aliphatic carboxylic acids is 1. The SMILES string of the molecule is N#Cc1cccc2nc(SCC(=O)O)sc12. The minimum atomic E-state index is -0.871. The summed E-state index contributed by atoms with van der Waals surface area (Å²) >= 11 is 2.53. The second kappa shape index (κ2) is 4.51. The molecule has 1 aromatic carbocycles. The van der Waals surface area contributed by atoms with Gasteiger partial charge in [-0.2, -0.15) is 5.26 Å². The summed E-state index contributed by atoms with van der Waals surface area (Å²) in [4.78, 5) is 14.7. The van der Waals surface area contributed by atoms with Crippen molar-refractivity contribution >= 4 is 39.3 Å². The summed E-state index contributed by atoms with van der Waals surface area (Å²) in [6.07, 6.45) is 0. The Balaban J connectivity index is 2.37. The molecule has 0 radical (unpaired) electrons. The van der Waals surface area contributed by atoms with Gasteiger partial charge in [-0.05, 0) is 12.1 Å². The van der Waals surface area contributed by atoms with Crippen LogP contribution in [0.3, 0.4) is 0 Å². The van der Waals surface area contributed by atoms with Gasteiger partial charge in [-0.25, -0.2) is 4.98 Å². The molecule has 0 bridgehead atoms. The van der Waals surface area contributed by atoms with Gasteiger partial charge in [0.2, 0.25) is 0 Å². The van der Waals surface area contributed by atoms with Crippen molar-refractivity contribution in [2.24, 2.45) is 0 Å². The quantitative estimate of drug-likeness (QED) is 0.846. The van der Waals surface area contributed by atoms with Crippen LogP contribution in [-0.4, -0.2) is 21.8 Å². The summed E-state index contributed by atoms with van der Waals surface area (Å²) in [5, 5.41) is 17.4. The molecule has 0 amide bonds. The van der Waals surface area contributed by atoms with Crippen molar-refractivity contribution in [3.8, 4) is 6.07 Å². The summed E-state index contributed by atoms with van der Waals surface area (Å²) in [6.45, 7) is 0. The molecule has 0 saturated carbocycles. The number of carbonyl (C=O) groups is 1. The van der Waals surface area contributed by atoms with Crippen molar-refractivity contribution in [3.63, 3.8) is 0 Å². The topological polar surface area (TPSA) is 74.0 Å². The highest BCUT2D eigenvalue weighted by molar-refractivity contribution is 8.01. The number of nitrogens with zero attached hydrogens (tertiary/aromatic N) is 2. The van der Waals surface area contributed by atoms with Crippen LogP contribution in [0.4, 0.5) is 0 Å². The van der Waals surface area contributed by atoms with E-state index in [1.807, 2.05) is 6.07 Å². The third kappa shape index (κ3) is 2.15. The smallest absolute Gasteiger partial charge is 0.313 e. The fourth-order valence-corrected chi connectivity index (χ4v) is 3.03. The lowest BCUT2D eigenvalue weighted by atomic mass is 10.2. The van der Waals surface area contributed by atoms with Crippen LogP contribution in [0.5, 0.6) is 0 Å². The molecule has 0 fully saturated rings. The molecule has 2 rings (SSSR count). The molecule has 80 valence electrons. The number of fused-ring (bicyclic) bond motifs is 1. The van der Waals surface area contributed by atoms with E-state index < -0.39 is 5.97 Å². The van der Waals surface area contributed by atoms with Gasteiger partial charge in [0.15, 0.2) is 4.34 Å². The molecule has 0 aliphatic rings. The largest absolute Gasteiger partial charge is 0.481 e. The molecule has 1 N–H and O–H groups in total. The first-order valence-electron chi connectivity index (χ1n) is 4.35. The van der Waals surface area contributed by atoms with E-state index in [2.05, 4.69) is 11.1 Å². The molecule has 4 nitrogen and oxygen atoms in total. The highest BCUT2D eigenvalue weighted by atomic mass is 32.2. The number of rotatable bonds is 3. The minimum absolute atomic E-state index is 0.0122. The summed E-state index contributed by atoms with van der Waals surface area (Å²) in [5.41, 5.74) is 1.33. The summed E-state index contributed by atoms with van der Waals surface area (Å²) in [7, 11) is 0. The highest BCUT2D eigenvalue weighted by Gasteiger charge is 2.09. The van der Waals surface area contributed by atoms with Crippen LogP contribution in [0.15, 0.2) is 22.5 Å². The third-order valence-corrected chi connectivity index (χ3v) is 4.07. The van der Waals surface area contributed by atoms with Crippen LogP contribution in [0.2, 0.25) is 0 Å². The van der Waals surface area contributed by atoms with Gasteiger partial charge in [-0.15, -0.1) is 11.3 Å². The van der Waals surface area contributed by atoms with Crippen molar-refractivity contribution in [1.29, 1.82) is 5.26 Å². The van der Waals surface area contributed by atoms with Crippen molar-refractivity contribution < 1.29 is 9.90 Å². The molecule has 0 unspecified atom stereocenters. The maximum Gasteiger partial charge on any atom is 0.313 e. The molecular weight excluding hydrogens is 244 g/mol. The van der Waals surface area contributed by atoms with Crippen LogP contribution >= 0.6 is 23.1 Å². The second-order valence-corrected chi connectivity index (χ2v) is 5.15. The van der Waals surface area contributed by atoms with E-state index in [1.54, 1.807) is 12.1 Å². The number of aromatic nitrogens is 1. The van der Waals surface area contributed by atoms with Crippen molar-refractivity contribution in [2.45, 2.75) is 4.34 Å². The Bertz CT molecular complexity index is 586. The maximum atomic E-state index is 10.4. The molecule has 16 heavy (non-hydrogen) atoms. The molecule has 0 aliphatic heterocycles. The van der Waals surface area contributed by atoms with E-state index in [9.17, 15) is 4.79 Å². The van der Waals surface area contributed by atoms with Gasteiger partial charge in [0.25, 0.3) is 0 Å². The number of hydrogen-bond acceptors (Lipinski definition) is 5. The van der Waals surface area contributed by atoms with Gasteiger partial charge in [0, 0.05) is 0 Å². The Morgan fingerprint density at radius 2 is 2.44 bits per heavy atom. The summed E-state index contributed by atoms with van der Waals surface area (Å²) in [6, 6.07) is 7.41. The zero-order chi connectivity index (χ0) is 11.5. The van der Waals surface area contributed by atoms with Gasteiger partial charge < -0.3 is 5.11 Å². The minimum Gasteiger partial charge on any atom is -0.481 e. The van der Waals surface area contributed by atoms with Crippen molar-refractivity contribution in [2.75, 3.05) is 5.75 Å². The number of thiazole rings is 1. The van der Waals surface area contributed by atoms with E-state index >= 15 is 0 Å². The van der Waals surface area contributed by atoms with Crippen molar-refractivity contribution in [3.05, 3.63) is 23.8 Å². The summed E-state index contributed by atoms with van der Waals surface area (Å²) < 4.78 is 1.50. The Kier molecular flexibility index (Phi) is 3.08. The molecule has 6 heteroatoms. The van der Waals surface area contributed by atoms with Gasteiger partial charge in [0.05, 0.1) is 21.5 Å². The van der Waals surface area contributed by atoms with E-state index in [0.717, 1.165) is 10.2 Å². The van der Waals surface area contributed by atoms with Crippen LogP contribution in [0, 0.1) is 11.3 Å². The number of nitriles is 1. The van der Waals surface area contributed by atoms with E-state index in [4.69, 9.17) is 10.4 Å². The van der Waals surface area contributed by atoms with E-state index in [1.165, 1.54) is 23.1 Å². The predicted octanol–water partition coefficient (Wildman–Crippen LogP) is 2.34. The fourth-order valence-electron chi connectivity index (χ4n) is 1.20. The Hall–Kier alpha value is -1.58. The zero-order valence-electron chi connectivity index (χ0n) is 8.01. The van der Waals surface area contributed by atoms with Gasteiger partial charge >= 0.3 is 5.97 Å². The molecule has 1 heterocycles. The highest BCUT2D eigenvalue weighted by Crippen LogP contribution is 2.31. The van der Waals surface area contributed by atoms with Gasteiger partial charge in [-0.3, -0.25) is 4.79 Å². The predicted molar refractivity (Wildman–Crippen MR) is 62.7 cm³/mol. The number of benzene rings is 1. The molecule has 2 aromatic rings. The molecule has 0 atom stereocenters. The lowest BCUT2D eigenvalue weighted by molar-refractivity contribution is -0.133. The average molecular weight is 250 g/mol. The summed E-state index contributed by atoms with van der Waals surface area (Å²) in [5.74, 6) is -0.883. The molecule has 1 aromatic heterocycles. The normalized spacial score (nSPS) is 10.2. The first-order chi connectivity index (χ1) is 7.70. The number of carboxylic acids is 1. The van der Waals surface area contributed by atoms with Gasteiger partial charge in [-0.1, -0.05) is 17.8 Å². The standard InChI is InChI=1S/C10H6N2O2S2/c11-4-6-2-1-3-7-9(6)16-10(12-7)15-5-8(13)14/h1-3H,5H2,(H,13,14). The monoisotopic (exact) mass is 250 g/mol. The van der Waals surface area contributed by atoms with Crippen LogP contribution < -0.4 is 0 Å². The molecule has 0 spiro atoms. The van der Waals surface area contributed by atoms with Crippen molar-refractivity contribution in [1.82, 2.24) is 4.98 Å².